The van der Waals surface area contributed by atoms with Gasteiger partial charge < -0.3 is 5.11 Å². The maximum atomic E-state index is 10.8. The van der Waals surface area contributed by atoms with Crippen molar-refractivity contribution in [1.29, 1.82) is 0 Å². The topological polar surface area (TPSA) is 53.4 Å². The summed E-state index contributed by atoms with van der Waals surface area (Å²) < 4.78 is 0. The van der Waals surface area contributed by atoms with Gasteiger partial charge in [0.1, 0.15) is 0 Å². The van der Waals surface area contributed by atoms with Crippen LogP contribution in [0.15, 0.2) is 42.6 Å². The van der Waals surface area contributed by atoms with Gasteiger partial charge in [0, 0.05) is 19.3 Å². The normalized spacial score (nSPS) is 10.8. The Morgan fingerprint density at radius 3 is 2.65 bits per heavy atom. The number of hydrogen-bond donors (Lipinski definition) is 1. The average Bonchev–Trinajstić information content (AvgIpc) is 2.39. The van der Waals surface area contributed by atoms with Gasteiger partial charge in [0.25, 0.3) is 0 Å². The highest BCUT2D eigenvalue weighted by Gasteiger charge is 2.06. The van der Waals surface area contributed by atoms with Crippen LogP contribution in [0.1, 0.15) is 27.2 Å². The number of benzene rings is 1. The molecular formula is C16H18N2O2. The number of aromatic carboxylic acids is 1. The second-order valence-electron chi connectivity index (χ2n) is 5.00. The van der Waals surface area contributed by atoms with E-state index in [0.29, 0.717) is 6.54 Å². The van der Waals surface area contributed by atoms with Crippen LogP contribution in [0.2, 0.25) is 0 Å². The molecule has 0 aliphatic carbocycles. The van der Waals surface area contributed by atoms with Crippen LogP contribution in [0.4, 0.5) is 0 Å². The number of hydrogen-bond acceptors (Lipinski definition) is 3. The molecule has 4 heteroatoms. The van der Waals surface area contributed by atoms with Crippen molar-refractivity contribution in [2.75, 3.05) is 7.05 Å². The van der Waals surface area contributed by atoms with Crippen LogP contribution in [0.25, 0.3) is 0 Å². The van der Waals surface area contributed by atoms with Gasteiger partial charge in [-0.15, -0.1) is 0 Å². The minimum atomic E-state index is -0.947. The SMILES string of the molecule is Cc1cccc(CN(C)Cc2ccc(C(=O)O)cn2)c1. The summed E-state index contributed by atoms with van der Waals surface area (Å²) in [5.41, 5.74) is 3.59. The Hall–Kier alpha value is -2.20. The summed E-state index contributed by atoms with van der Waals surface area (Å²) in [6, 6.07) is 11.7. The summed E-state index contributed by atoms with van der Waals surface area (Å²) >= 11 is 0. The van der Waals surface area contributed by atoms with E-state index in [0.717, 1.165) is 12.2 Å². The molecule has 1 aromatic heterocycles. The Balaban J connectivity index is 1.97. The molecule has 0 unspecified atom stereocenters. The third kappa shape index (κ3) is 3.90. The first kappa shape index (κ1) is 14.2. The van der Waals surface area contributed by atoms with Crippen molar-refractivity contribution < 1.29 is 9.90 Å². The molecule has 0 aliphatic heterocycles. The molecule has 0 atom stereocenters. The molecule has 0 saturated heterocycles. The Morgan fingerprint density at radius 2 is 2.05 bits per heavy atom. The first-order chi connectivity index (χ1) is 9.54. The van der Waals surface area contributed by atoms with E-state index in [4.69, 9.17) is 5.11 Å². The summed E-state index contributed by atoms with van der Waals surface area (Å²) in [6.07, 6.45) is 1.40. The van der Waals surface area contributed by atoms with E-state index in [1.165, 1.54) is 17.3 Å². The van der Waals surface area contributed by atoms with E-state index in [2.05, 4.69) is 41.1 Å². The van der Waals surface area contributed by atoms with Crippen molar-refractivity contribution in [2.45, 2.75) is 20.0 Å². The fraction of sp³-hybridized carbons (Fsp3) is 0.250. The molecule has 2 rings (SSSR count). The first-order valence-corrected chi connectivity index (χ1v) is 6.47. The molecule has 0 bridgehead atoms. The third-order valence-electron chi connectivity index (χ3n) is 3.04. The summed E-state index contributed by atoms with van der Waals surface area (Å²) in [7, 11) is 2.02. The fourth-order valence-electron chi connectivity index (χ4n) is 2.10. The van der Waals surface area contributed by atoms with Crippen LogP contribution in [-0.2, 0) is 13.1 Å². The van der Waals surface area contributed by atoms with Gasteiger partial charge in [0.2, 0.25) is 0 Å². The second kappa shape index (κ2) is 6.30. The van der Waals surface area contributed by atoms with Crippen molar-refractivity contribution >= 4 is 5.97 Å². The molecule has 1 aromatic carbocycles. The summed E-state index contributed by atoms with van der Waals surface area (Å²) in [5.74, 6) is -0.947. The summed E-state index contributed by atoms with van der Waals surface area (Å²) in [5, 5.41) is 8.83. The molecule has 104 valence electrons. The number of carboxylic acids is 1. The zero-order valence-electron chi connectivity index (χ0n) is 11.7. The standard InChI is InChI=1S/C16H18N2O2/c1-12-4-3-5-13(8-12)10-18(2)11-15-7-6-14(9-17-15)16(19)20/h3-9H,10-11H2,1-2H3,(H,19,20). The zero-order chi connectivity index (χ0) is 14.5. The lowest BCUT2D eigenvalue weighted by atomic mass is 10.1. The van der Waals surface area contributed by atoms with Gasteiger partial charge in [-0.3, -0.25) is 9.88 Å². The van der Waals surface area contributed by atoms with Gasteiger partial charge in [-0.05, 0) is 31.7 Å². The molecule has 1 heterocycles. The van der Waals surface area contributed by atoms with Crippen LogP contribution < -0.4 is 0 Å². The molecule has 0 amide bonds. The number of rotatable bonds is 5. The van der Waals surface area contributed by atoms with E-state index < -0.39 is 5.97 Å². The third-order valence-corrected chi connectivity index (χ3v) is 3.04. The highest BCUT2D eigenvalue weighted by atomic mass is 16.4. The van der Waals surface area contributed by atoms with Gasteiger partial charge in [-0.1, -0.05) is 29.8 Å². The number of aryl methyl sites for hydroxylation is 1. The lowest BCUT2D eigenvalue weighted by Crippen LogP contribution is -2.18. The maximum absolute atomic E-state index is 10.8. The fourth-order valence-corrected chi connectivity index (χ4v) is 2.10. The van der Waals surface area contributed by atoms with Crippen molar-refractivity contribution in [1.82, 2.24) is 9.88 Å². The van der Waals surface area contributed by atoms with E-state index >= 15 is 0 Å². The average molecular weight is 270 g/mol. The van der Waals surface area contributed by atoms with Crippen molar-refractivity contribution in [3.8, 4) is 0 Å². The summed E-state index contributed by atoms with van der Waals surface area (Å²) in [4.78, 5) is 17.1. The quantitative estimate of drug-likeness (QED) is 0.907. The lowest BCUT2D eigenvalue weighted by Gasteiger charge is -2.16. The van der Waals surface area contributed by atoms with E-state index in [-0.39, 0.29) is 5.56 Å². The highest BCUT2D eigenvalue weighted by Crippen LogP contribution is 2.09. The van der Waals surface area contributed by atoms with E-state index in [1.54, 1.807) is 12.1 Å². The van der Waals surface area contributed by atoms with Gasteiger partial charge in [0.15, 0.2) is 0 Å². The predicted octanol–water partition coefficient (Wildman–Crippen LogP) is 2.72. The van der Waals surface area contributed by atoms with Crippen LogP contribution in [0, 0.1) is 6.92 Å². The Morgan fingerprint density at radius 1 is 1.25 bits per heavy atom. The monoisotopic (exact) mass is 270 g/mol. The molecule has 2 aromatic rings. The molecule has 0 saturated carbocycles. The molecule has 0 spiro atoms. The second-order valence-corrected chi connectivity index (χ2v) is 5.00. The number of carbonyl (C=O) groups is 1. The minimum Gasteiger partial charge on any atom is -0.478 e. The molecule has 1 N–H and O–H groups in total. The van der Waals surface area contributed by atoms with Crippen molar-refractivity contribution in [3.05, 3.63) is 65.0 Å². The number of aromatic nitrogens is 1. The molecule has 0 fully saturated rings. The largest absolute Gasteiger partial charge is 0.478 e. The Bertz CT molecular complexity index is 594. The summed E-state index contributed by atoms with van der Waals surface area (Å²) in [6.45, 7) is 3.60. The number of pyridine rings is 1. The Labute approximate surface area is 118 Å². The lowest BCUT2D eigenvalue weighted by molar-refractivity contribution is 0.0696. The maximum Gasteiger partial charge on any atom is 0.337 e. The van der Waals surface area contributed by atoms with Crippen LogP contribution >= 0.6 is 0 Å². The van der Waals surface area contributed by atoms with E-state index in [1.807, 2.05) is 7.05 Å². The van der Waals surface area contributed by atoms with Crippen LogP contribution in [0.5, 0.6) is 0 Å². The van der Waals surface area contributed by atoms with Crippen LogP contribution in [0.3, 0.4) is 0 Å². The van der Waals surface area contributed by atoms with Crippen molar-refractivity contribution in [3.63, 3.8) is 0 Å². The molecule has 0 aliphatic rings. The molecule has 20 heavy (non-hydrogen) atoms. The first-order valence-electron chi connectivity index (χ1n) is 6.47. The predicted molar refractivity (Wildman–Crippen MR) is 77.5 cm³/mol. The molecule has 4 nitrogen and oxygen atoms in total. The van der Waals surface area contributed by atoms with E-state index in [9.17, 15) is 4.79 Å². The smallest absolute Gasteiger partial charge is 0.337 e. The van der Waals surface area contributed by atoms with Crippen LogP contribution in [-0.4, -0.2) is 28.0 Å². The number of carboxylic acid groups (broad SMARTS) is 1. The van der Waals surface area contributed by atoms with Gasteiger partial charge >= 0.3 is 5.97 Å². The molecule has 0 radical (unpaired) electrons. The van der Waals surface area contributed by atoms with Gasteiger partial charge in [-0.2, -0.15) is 0 Å². The molecular weight excluding hydrogens is 252 g/mol. The van der Waals surface area contributed by atoms with Gasteiger partial charge in [0.05, 0.1) is 11.3 Å². The Kier molecular flexibility index (Phi) is 4.48. The zero-order valence-corrected chi connectivity index (χ0v) is 11.7. The highest BCUT2D eigenvalue weighted by molar-refractivity contribution is 5.87. The number of nitrogens with zero attached hydrogens (tertiary/aromatic N) is 2. The van der Waals surface area contributed by atoms with Gasteiger partial charge in [-0.25, -0.2) is 4.79 Å². The van der Waals surface area contributed by atoms with Crippen molar-refractivity contribution in [2.24, 2.45) is 0 Å². The minimum absolute atomic E-state index is 0.218.